The molecule has 1 aromatic rings. The summed E-state index contributed by atoms with van der Waals surface area (Å²) in [6, 6.07) is 3.81. The minimum Gasteiger partial charge on any atom is -0.480 e. The first-order valence-electron chi connectivity index (χ1n) is 6.50. The Bertz CT molecular complexity index is 575. The van der Waals surface area contributed by atoms with Gasteiger partial charge in [0, 0.05) is 0 Å². The number of carbonyl (C=O) groups is 1. The lowest BCUT2D eigenvalue weighted by atomic mass is 10.0. The number of aryl methyl sites for hydroxylation is 2. The molecule has 0 saturated carbocycles. The van der Waals surface area contributed by atoms with Crippen LogP contribution in [0.15, 0.2) is 23.1 Å². The summed E-state index contributed by atoms with van der Waals surface area (Å²) in [5.41, 5.74) is 1.64. The number of carboxylic acids is 1. The van der Waals surface area contributed by atoms with Crippen molar-refractivity contribution in [3.05, 3.63) is 29.3 Å². The van der Waals surface area contributed by atoms with Gasteiger partial charge >= 0.3 is 5.97 Å². The van der Waals surface area contributed by atoms with E-state index in [1.165, 1.54) is 12.1 Å². The van der Waals surface area contributed by atoms with Gasteiger partial charge in [-0.15, -0.1) is 0 Å². The largest absolute Gasteiger partial charge is 0.480 e. The van der Waals surface area contributed by atoms with E-state index < -0.39 is 22.0 Å². The molecule has 2 atom stereocenters. The average Bonchev–Trinajstić information content (AvgIpc) is 2.33. The lowest BCUT2D eigenvalue weighted by molar-refractivity contribution is -0.140. The third kappa shape index (κ3) is 4.05. The van der Waals surface area contributed by atoms with Gasteiger partial charge in [-0.25, -0.2) is 8.42 Å². The highest BCUT2D eigenvalue weighted by Gasteiger charge is 2.29. The number of benzene rings is 1. The Hall–Kier alpha value is -1.40. The van der Waals surface area contributed by atoms with Gasteiger partial charge in [-0.1, -0.05) is 26.3 Å². The molecule has 1 aromatic carbocycles. The van der Waals surface area contributed by atoms with Crippen LogP contribution in [0.2, 0.25) is 0 Å². The maximum absolute atomic E-state index is 12.3. The molecule has 0 radical (unpaired) electrons. The normalized spacial score (nSPS) is 14.8. The highest BCUT2D eigenvalue weighted by Crippen LogP contribution is 2.17. The standard InChI is InChI=1S/C14H21NO4S/c1-5-11(4)13(14(16)17)15-20(18,19)12-7-9(2)6-10(3)8-12/h6-8,11,13,15H,5H2,1-4H3,(H,16,17). The first-order valence-corrected chi connectivity index (χ1v) is 7.99. The van der Waals surface area contributed by atoms with E-state index in [0.29, 0.717) is 6.42 Å². The van der Waals surface area contributed by atoms with E-state index >= 15 is 0 Å². The number of nitrogens with one attached hydrogen (secondary N) is 1. The van der Waals surface area contributed by atoms with E-state index in [0.717, 1.165) is 11.1 Å². The summed E-state index contributed by atoms with van der Waals surface area (Å²) in [5, 5.41) is 9.17. The average molecular weight is 299 g/mol. The molecule has 1 rings (SSSR count). The van der Waals surface area contributed by atoms with Crippen LogP contribution in [0.3, 0.4) is 0 Å². The molecule has 0 aliphatic rings. The number of hydrogen-bond donors (Lipinski definition) is 2. The molecule has 0 aromatic heterocycles. The maximum atomic E-state index is 12.3. The van der Waals surface area contributed by atoms with Gasteiger partial charge in [0.05, 0.1) is 4.90 Å². The lowest BCUT2D eigenvalue weighted by Crippen LogP contribution is -2.44. The van der Waals surface area contributed by atoms with Gasteiger partial charge < -0.3 is 5.11 Å². The third-order valence-corrected chi connectivity index (χ3v) is 4.69. The Morgan fingerprint density at radius 2 is 1.75 bits per heavy atom. The van der Waals surface area contributed by atoms with Crippen molar-refractivity contribution >= 4 is 16.0 Å². The van der Waals surface area contributed by atoms with Crippen LogP contribution in [0.25, 0.3) is 0 Å². The minimum atomic E-state index is -3.84. The maximum Gasteiger partial charge on any atom is 0.322 e. The van der Waals surface area contributed by atoms with Crippen LogP contribution in [0.1, 0.15) is 31.4 Å². The van der Waals surface area contributed by atoms with Crippen LogP contribution in [0.5, 0.6) is 0 Å². The van der Waals surface area contributed by atoms with Crippen LogP contribution in [0, 0.1) is 19.8 Å². The Balaban J connectivity index is 3.13. The zero-order valence-electron chi connectivity index (χ0n) is 12.2. The van der Waals surface area contributed by atoms with Gasteiger partial charge in [0.2, 0.25) is 10.0 Å². The fourth-order valence-corrected chi connectivity index (χ4v) is 3.45. The molecule has 0 heterocycles. The summed E-state index contributed by atoms with van der Waals surface area (Å²) in [7, 11) is -3.84. The van der Waals surface area contributed by atoms with Crippen LogP contribution in [-0.4, -0.2) is 25.5 Å². The van der Waals surface area contributed by atoms with Crippen molar-refractivity contribution in [1.29, 1.82) is 0 Å². The van der Waals surface area contributed by atoms with Crippen molar-refractivity contribution < 1.29 is 18.3 Å². The van der Waals surface area contributed by atoms with E-state index in [1.54, 1.807) is 20.8 Å². The Labute approximate surface area is 120 Å². The monoisotopic (exact) mass is 299 g/mol. The quantitative estimate of drug-likeness (QED) is 0.842. The molecule has 0 bridgehead atoms. The Morgan fingerprint density at radius 1 is 1.25 bits per heavy atom. The molecule has 0 saturated heterocycles. The van der Waals surface area contributed by atoms with Gasteiger partial charge in [-0.3, -0.25) is 4.79 Å². The molecular weight excluding hydrogens is 278 g/mol. The summed E-state index contributed by atoms with van der Waals surface area (Å²) >= 11 is 0. The molecule has 5 nitrogen and oxygen atoms in total. The summed E-state index contributed by atoms with van der Waals surface area (Å²) in [4.78, 5) is 11.3. The van der Waals surface area contributed by atoms with Crippen molar-refractivity contribution in [1.82, 2.24) is 4.72 Å². The molecule has 0 aliphatic heterocycles. The number of sulfonamides is 1. The number of aliphatic carboxylic acids is 1. The molecule has 20 heavy (non-hydrogen) atoms. The second-order valence-corrected chi connectivity index (χ2v) is 6.86. The summed E-state index contributed by atoms with van der Waals surface area (Å²) in [6.45, 7) is 7.14. The molecule has 0 spiro atoms. The molecule has 0 fully saturated rings. The number of carboxylic acid groups (broad SMARTS) is 1. The van der Waals surface area contributed by atoms with Crippen LogP contribution >= 0.6 is 0 Å². The zero-order valence-corrected chi connectivity index (χ0v) is 13.0. The van der Waals surface area contributed by atoms with Gasteiger partial charge in [0.15, 0.2) is 0 Å². The minimum absolute atomic E-state index is 0.101. The number of hydrogen-bond acceptors (Lipinski definition) is 3. The Morgan fingerprint density at radius 3 is 2.15 bits per heavy atom. The molecule has 2 N–H and O–H groups in total. The van der Waals surface area contributed by atoms with E-state index in [9.17, 15) is 13.2 Å². The highest BCUT2D eigenvalue weighted by atomic mass is 32.2. The van der Waals surface area contributed by atoms with E-state index in [4.69, 9.17) is 5.11 Å². The molecule has 0 amide bonds. The smallest absolute Gasteiger partial charge is 0.322 e. The van der Waals surface area contributed by atoms with Crippen LogP contribution < -0.4 is 4.72 Å². The Kier molecular flexibility index (Phi) is 5.30. The van der Waals surface area contributed by atoms with E-state index in [-0.39, 0.29) is 10.8 Å². The van der Waals surface area contributed by atoms with E-state index in [2.05, 4.69) is 4.72 Å². The van der Waals surface area contributed by atoms with Crippen molar-refractivity contribution in [2.45, 2.75) is 45.1 Å². The van der Waals surface area contributed by atoms with Crippen LogP contribution in [-0.2, 0) is 14.8 Å². The van der Waals surface area contributed by atoms with E-state index in [1.807, 2.05) is 13.0 Å². The van der Waals surface area contributed by atoms with Gasteiger partial charge in [0.1, 0.15) is 6.04 Å². The fraction of sp³-hybridized carbons (Fsp3) is 0.500. The first-order chi connectivity index (χ1) is 9.17. The SMILES string of the molecule is CCC(C)C(NS(=O)(=O)c1cc(C)cc(C)c1)C(=O)O. The van der Waals surface area contributed by atoms with Gasteiger partial charge in [-0.2, -0.15) is 4.72 Å². The predicted molar refractivity (Wildman–Crippen MR) is 77.1 cm³/mol. The lowest BCUT2D eigenvalue weighted by Gasteiger charge is -2.20. The van der Waals surface area contributed by atoms with Crippen molar-refractivity contribution in [3.8, 4) is 0 Å². The molecule has 112 valence electrons. The second-order valence-electron chi connectivity index (χ2n) is 5.15. The predicted octanol–water partition coefficient (Wildman–Crippen LogP) is 2.08. The molecule has 0 aliphatic carbocycles. The summed E-state index contributed by atoms with van der Waals surface area (Å²) < 4.78 is 26.9. The van der Waals surface area contributed by atoms with Crippen molar-refractivity contribution in [3.63, 3.8) is 0 Å². The molecular formula is C14H21NO4S. The van der Waals surface area contributed by atoms with Crippen molar-refractivity contribution in [2.75, 3.05) is 0 Å². The molecule has 6 heteroatoms. The second kappa shape index (κ2) is 6.37. The van der Waals surface area contributed by atoms with Gasteiger partial charge in [0.25, 0.3) is 0 Å². The summed E-state index contributed by atoms with van der Waals surface area (Å²) in [6.07, 6.45) is 0.576. The highest BCUT2D eigenvalue weighted by molar-refractivity contribution is 7.89. The zero-order chi connectivity index (χ0) is 15.5. The molecule has 2 unspecified atom stereocenters. The first kappa shape index (κ1) is 16.7. The fourth-order valence-electron chi connectivity index (χ4n) is 1.97. The topological polar surface area (TPSA) is 83.5 Å². The number of rotatable bonds is 6. The van der Waals surface area contributed by atoms with Gasteiger partial charge in [-0.05, 0) is 43.0 Å². The van der Waals surface area contributed by atoms with Crippen molar-refractivity contribution in [2.24, 2.45) is 5.92 Å². The summed E-state index contributed by atoms with van der Waals surface area (Å²) in [5.74, 6) is -1.44. The third-order valence-electron chi connectivity index (χ3n) is 3.27. The van der Waals surface area contributed by atoms with Crippen LogP contribution in [0.4, 0.5) is 0 Å².